The van der Waals surface area contributed by atoms with Crippen molar-refractivity contribution in [1.29, 1.82) is 0 Å². The Morgan fingerprint density at radius 1 is 0.680 bits per heavy atom. The Bertz CT molecular complexity index is 2530. The maximum atomic E-state index is 13.6. The van der Waals surface area contributed by atoms with Gasteiger partial charge in [0, 0.05) is 22.5 Å². The molecule has 1 aliphatic rings. The van der Waals surface area contributed by atoms with Crippen molar-refractivity contribution in [3.63, 3.8) is 0 Å². The third kappa shape index (κ3) is 6.53. The van der Waals surface area contributed by atoms with Crippen LogP contribution in [0.2, 0.25) is 5.28 Å². The molecule has 254 valence electrons. The Balaban J connectivity index is 1.39. The minimum Gasteiger partial charge on any atom is -0.478 e. The number of carboxylic acids is 1. The molecule has 1 aliphatic carbocycles. The van der Waals surface area contributed by atoms with Crippen molar-refractivity contribution in [2.75, 3.05) is 21.7 Å². The maximum Gasteiger partial charge on any atom is 0.335 e. The Kier molecular flexibility index (Phi) is 8.46. The number of nitrogen functional groups attached to an aromatic ring is 1. The lowest BCUT2D eigenvalue weighted by Gasteiger charge is -2.24. The number of nitrogens with two attached hydrogens (primary N) is 1. The van der Waals surface area contributed by atoms with E-state index in [0.29, 0.717) is 0 Å². The zero-order chi connectivity index (χ0) is 36.1. The van der Waals surface area contributed by atoms with E-state index in [1.807, 2.05) is 0 Å². The lowest BCUT2D eigenvalue weighted by molar-refractivity contribution is 0.0696. The van der Waals surface area contributed by atoms with Crippen LogP contribution < -0.4 is 21.7 Å². The topological polar surface area (TPSA) is 281 Å². The number of hydrogen-bond donors (Lipinski definition) is 7. The molecule has 5 aromatic rings. The van der Waals surface area contributed by atoms with Crippen LogP contribution in [0.5, 0.6) is 0 Å². The fourth-order valence-electron chi connectivity index (χ4n) is 5.12. The van der Waals surface area contributed by atoms with Gasteiger partial charge in [0.05, 0.1) is 33.8 Å². The number of aromatic nitrogens is 3. The zero-order valence-electron chi connectivity index (χ0n) is 24.7. The number of nitrogens with one attached hydrogen (secondary N) is 3. The van der Waals surface area contributed by atoms with Crippen LogP contribution >= 0.6 is 11.6 Å². The monoisotopic (exact) mass is 737 g/mol. The Morgan fingerprint density at radius 2 is 1.28 bits per heavy atom. The van der Waals surface area contributed by atoms with E-state index in [9.17, 15) is 45.4 Å². The second-order valence-electron chi connectivity index (χ2n) is 10.5. The number of aromatic carboxylic acids is 1. The molecule has 0 saturated heterocycles. The highest BCUT2D eigenvalue weighted by molar-refractivity contribution is 7.86. The Hall–Kier alpha value is -5.99. The maximum absolute atomic E-state index is 13.6. The van der Waals surface area contributed by atoms with Gasteiger partial charge >= 0.3 is 5.97 Å². The SMILES string of the molecule is Nc1c(S(=O)(=O)O)cc(Nc2ccc(Nc3nc(Cl)nc(Nc4cccc(C(=O)O)c4)n3)c(S(=O)(=O)O)c2)c2c1C(=O)c1ccccc1C2=O. The first kappa shape index (κ1) is 33.9. The van der Waals surface area contributed by atoms with E-state index in [1.54, 1.807) is 0 Å². The number of hydrogen-bond acceptors (Lipinski definition) is 14. The first-order chi connectivity index (χ1) is 23.5. The molecule has 0 atom stereocenters. The molecule has 17 nitrogen and oxygen atoms in total. The largest absolute Gasteiger partial charge is 0.478 e. The molecule has 20 heteroatoms. The number of benzene rings is 4. The average molecular weight is 738 g/mol. The van der Waals surface area contributed by atoms with E-state index in [2.05, 4.69) is 30.9 Å². The quantitative estimate of drug-likeness (QED) is 0.0804. The predicted octanol–water partition coefficient (Wildman–Crippen LogP) is 4.31. The van der Waals surface area contributed by atoms with Crippen molar-refractivity contribution in [3.05, 3.63) is 106 Å². The van der Waals surface area contributed by atoms with Gasteiger partial charge in [-0.25, -0.2) is 4.79 Å². The second-order valence-corrected chi connectivity index (χ2v) is 13.6. The summed E-state index contributed by atoms with van der Waals surface area (Å²) in [4.78, 5) is 48.6. The van der Waals surface area contributed by atoms with E-state index >= 15 is 0 Å². The number of ketones is 2. The van der Waals surface area contributed by atoms with E-state index in [1.165, 1.54) is 54.6 Å². The first-order valence-corrected chi connectivity index (χ1v) is 17.1. The molecule has 50 heavy (non-hydrogen) atoms. The molecule has 1 heterocycles. The van der Waals surface area contributed by atoms with Gasteiger partial charge in [-0.1, -0.05) is 30.3 Å². The molecular formula is C30H20ClN7O10S2. The number of carboxylic acid groups (broad SMARTS) is 1. The van der Waals surface area contributed by atoms with Crippen molar-refractivity contribution >= 4 is 89.7 Å². The zero-order valence-corrected chi connectivity index (χ0v) is 27.1. The van der Waals surface area contributed by atoms with Gasteiger partial charge in [-0.15, -0.1) is 0 Å². The minimum atomic E-state index is -5.04. The molecule has 0 bridgehead atoms. The fraction of sp³-hybridized carbons (Fsp3) is 0. The molecule has 4 aromatic carbocycles. The highest BCUT2D eigenvalue weighted by atomic mass is 35.5. The van der Waals surface area contributed by atoms with E-state index in [0.717, 1.165) is 18.2 Å². The summed E-state index contributed by atoms with van der Waals surface area (Å²) in [6.07, 6.45) is 0. The van der Waals surface area contributed by atoms with Crippen molar-refractivity contribution in [1.82, 2.24) is 15.0 Å². The van der Waals surface area contributed by atoms with E-state index in [4.69, 9.17) is 17.3 Å². The van der Waals surface area contributed by atoms with Gasteiger partial charge in [-0.05, 0) is 54.1 Å². The second kappa shape index (κ2) is 12.5. The summed E-state index contributed by atoms with van der Waals surface area (Å²) in [5.74, 6) is -3.16. The van der Waals surface area contributed by atoms with Gasteiger partial charge < -0.3 is 26.8 Å². The third-order valence-electron chi connectivity index (χ3n) is 7.24. The number of rotatable bonds is 9. The number of anilines is 7. The molecule has 0 saturated carbocycles. The summed E-state index contributed by atoms with van der Waals surface area (Å²) in [5, 5.41) is 16.9. The highest BCUT2D eigenvalue weighted by Crippen LogP contribution is 2.40. The fourth-order valence-corrected chi connectivity index (χ4v) is 6.60. The Labute approximate surface area is 286 Å². The number of fused-ring (bicyclic) bond motifs is 2. The van der Waals surface area contributed by atoms with Crippen molar-refractivity contribution in [2.45, 2.75) is 9.79 Å². The number of halogens is 1. The molecule has 0 radical (unpaired) electrons. The first-order valence-electron chi connectivity index (χ1n) is 13.8. The van der Waals surface area contributed by atoms with Gasteiger partial charge in [0.1, 0.15) is 9.79 Å². The lowest BCUT2D eigenvalue weighted by Crippen LogP contribution is -2.25. The number of carbonyl (C=O) groups excluding carboxylic acids is 2. The minimum absolute atomic E-state index is 0.00955. The molecule has 0 aliphatic heterocycles. The summed E-state index contributed by atoms with van der Waals surface area (Å²) in [7, 11) is -10.1. The van der Waals surface area contributed by atoms with Crippen LogP contribution in [0, 0.1) is 0 Å². The molecule has 8 N–H and O–H groups in total. The van der Waals surface area contributed by atoms with Gasteiger partial charge in [-0.2, -0.15) is 31.8 Å². The van der Waals surface area contributed by atoms with Crippen LogP contribution in [0.3, 0.4) is 0 Å². The standard InChI is InChI=1S/C30H20ClN7O10S2/c31-28-36-29(34-14-5-3-4-13(10-14)27(41)42)38-30(37-28)35-18-9-8-15(11-20(18)49(43,44)45)33-19-12-21(50(46,47)48)24(32)23-22(19)25(39)16-6-1-2-7-17(16)26(23)40/h1-12,33H,32H2,(H,41,42)(H,43,44,45)(H,46,47,48)(H2,34,35,36,37,38). The van der Waals surface area contributed by atoms with Crippen LogP contribution in [0.25, 0.3) is 0 Å². The summed E-state index contributed by atoms with van der Waals surface area (Å²) >= 11 is 6.04. The van der Waals surface area contributed by atoms with Crippen LogP contribution in [0.1, 0.15) is 42.2 Å². The molecule has 0 amide bonds. The molecule has 1 aromatic heterocycles. The third-order valence-corrected chi connectivity index (χ3v) is 9.19. The normalized spacial score (nSPS) is 12.5. The number of carbonyl (C=O) groups is 3. The molecular weight excluding hydrogens is 718 g/mol. The van der Waals surface area contributed by atoms with Gasteiger partial charge in [0.15, 0.2) is 11.6 Å². The number of nitrogens with zero attached hydrogens (tertiary/aromatic N) is 3. The van der Waals surface area contributed by atoms with Crippen molar-refractivity contribution in [3.8, 4) is 0 Å². The molecule has 6 rings (SSSR count). The summed E-state index contributed by atoms with van der Waals surface area (Å²) in [6, 6.07) is 15.5. The summed E-state index contributed by atoms with van der Waals surface area (Å²) in [5.41, 5.74) is 3.94. The van der Waals surface area contributed by atoms with Crippen molar-refractivity contribution < 1.29 is 45.4 Å². The van der Waals surface area contributed by atoms with Crippen LogP contribution in [-0.2, 0) is 20.2 Å². The summed E-state index contributed by atoms with van der Waals surface area (Å²) in [6.45, 7) is 0. The predicted molar refractivity (Wildman–Crippen MR) is 178 cm³/mol. The van der Waals surface area contributed by atoms with Crippen LogP contribution in [0.15, 0.2) is 82.6 Å². The summed E-state index contributed by atoms with van der Waals surface area (Å²) < 4.78 is 69.6. The molecule has 0 unspecified atom stereocenters. The smallest absolute Gasteiger partial charge is 0.335 e. The van der Waals surface area contributed by atoms with Crippen molar-refractivity contribution in [2.24, 2.45) is 0 Å². The van der Waals surface area contributed by atoms with Crippen LogP contribution in [0.4, 0.5) is 40.3 Å². The van der Waals surface area contributed by atoms with Gasteiger partial charge in [0.2, 0.25) is 17.2 Å². The molecule has 0 fully saturated rings. The molecule has 0 spiro atoms. The van der Waals surface area contributed by atoms with E-state index < -0.39 is 58.8 Å². The van der Waals surface area contributed by atoms with Crippen LogP contribution in [-0.4, -0.2) is 63.5 Å². The average Bonchev–Trinajstić information content (AvgIpc) is 3.03. The van der Waals surface area contributed by atoms with E-state index in [-0.39, 0.29) is 62.2 Å². The Morgan fingerprint density at radius 3 is 1.90 bits per heavy atom. The van der Waals surface area contributed by atoms with Gasteiger partial charge in [0.25, 0.3) is 20.2 Å². The highest BCUT2D eigenvalue weighted by Gasteiger charge is 2.36. The lowest BCUT2D eigenvalue weighted by atomic mass is 9.82. The van der Waals surface area contributed by atoms with Gasteiger partial charge in [-0.3, -0.25) is 18.7 Å².